The third-order valence-corrected chi connectivity index (χ3v) is 4.00. The second kappa shape index (κ2) is 5.74. The smallest absolute Gasteiger partial charge is 0.242 e. The molecule has 1 fully saturated rings. The zero-order valence-corrected chi connectivity index (χ0v) is 11.9. The van der Waals surface area contributed by atoms with Gasteiger partial charge in [0.25, 0.3) is 0 Å². The van der Waals surface area contributed by atoms with E-state index in [9.17, 15) is 4.79 Å². The molecule has 0 radical (unpaired) electrons. The summed E-state index contributed by atoms with van der Waals surface area (Å²) in [6.45, 7) is 4.92. The Labute approximate surface area is 115 Å². The van der Waals surface area contributed by atoms with Crippen LogP contribution in [0, 0.1) is 5.92 Å². The molecule has 0 spiro atoms. The first-order valence-corrected chi connectivity index (χ1v) is 7.20. The van der Waals surface area contributed by atoms with Crippen molar-refractivity contribution in [1.29, 1.82) is 0 Å². The van der Waals surface area contributed by atoms with Gasteiger partial charge in [-0.25, -0.2) is 0 Å². The van der Waals surface area contributed by atoms with Gasteiger partial charge in [0.2, 0.25) is 5.91 Å². The highest BCUT2D eigenvalue weighted by atomic mass is 16.1. The molecule has 0 heterocycles. The van der Waals surface area contributed by atoms with Gasteiger partial charge >= 0.3 is 0 Å². The van der Waals surface area contributed by atoms with Crippen molar-refractivity contribution in [3.8, 4) is 0 Å². The Morgan fingerprint density at radius 1 is 1.37 bits per heavy atom. The zero-order chi connectivity index (χ0) is 13.9. The number of benzene rings is 1. The van der Waals surface area contributed by atoms with Crippen LogP contribution >= 0.6 is 0 Å². The molecule has 1 aliphatic carbocycles. The van der Waals surface area contributed by atoms with Crippen molar-refractivity contribution in [3.05, 3.63) is 35.4 Å². The molecule has 1 aliphatic rings. The molecule has 1 aromatic rings. The fourth-order valence-electron chi connectivity index (χ4n) is 2.30. The van der Waals surface area contributed by atoms with E-state index in [2.05, 4.69) is 24.4 Å². The van der Waals surface area contributed by atoms with E-state index >= 15 is 0 Å². The molecule has 1 amide bonds. The average molecular weight is 260 g/mol. The van der Waals surface area contributed by atoms with Gasteiger partial charge in [-0.2, -0.15) is 0 Å². The molecule has 3 heteroatoms. The Kier molecular flexibility index (Phi) is 4.25. The summed E-state index contributed by atoms with van der Waals surface area (Å²) in [5.74, 6) is 0.412. The first kappa shape index (κ1) is 14.1. The molecule has 3 nitrogen and oxygen atoms in total. The number of nitrogens with two attached hydrogens (primary N) is 1. The van der Waals surface area contributed by atoms with Gasteiger partial charge in [0.15, 0.2) is 0 Å². The van der Waals surface area contributed by atoms with Gasteiger partial charge in [0.05, 0.1) is 0 Å². The van der Waals surface area contributed by atoms with E-state index in [1.165, 1.54) is 18.4 Å². The standard InChI is InChI=1S/C16H24N2O/c1-3-4-12-7-9-14(10-8-12)16(2,15(17)19)18-11-13-5-6-13/h7-10,13,18H,3-6,11H2,1-2H3,(H2,17,19). The van der Waals surface area contributed by atoms with Gasteiger partial charge in [-0.15, -0.1) is 0 Å². The molecule has 1 aromatic carbocycles. The molecule has 0 saturated heterocycles. The second-order valence-electron chi connectivity index (χ2n) is 5.76. The van der Waals surface area contributed by atoms with Crippen molar-refractivity contribution in [2.24, 2.45) is 11.7 Å². The number of primary amides is 1. The van der Waals surface area contributed by atoms with Crippen LogP contribution in [0.5, 0.6) is 0 Å². The number of aryl methyl sites for hydroxylation is 1. The van der Waals surface area contributed by atoms with Gasteiger partial charge in [0, 0.05) is 0 Å². The molecule has 1 saturated carbocycles. The minimum atomic E-state index is -0.757. The third kappa shape index (κ3) is 3.35. The predicted molar refractivity (Wildman–Crippen MR) is 77.7 cm³/mol. The molecular formula is C16H24N2O. The number of nitrogens with one attached hydrogen (secondary N) is 1. The van der Waals surface area contributed by atoms with Gasteiger partial charge in [-0.1, -0.05) is 37.6 Å². The summed E-state index contributed by atoms with van der Waals surface area (Å²) < 4.78 is 0. The number of hydrogen-bond acceptors (Lipinski definition) is 2. The van der Waals surface area contributed by atoms with Crippen LogP contribution in [0.4, 0.5) is 0 Å². The maximum absolute atomic E-state index is 11.8. The highest BCUT2D eigenvalue weighted by Gasteiger charge is 2.34. The predicted octanol–water partition coefficient (Wildman–Crippen LogP) is 2.34. The van der Waals surface area contributed by atoms with Crippen molar-refractivity contribution in [2.75, 3.05) is 6.54 Å². The fourth-order valence-corrected chi connectivity index (χ4v) is 2.30. The molecule has 104 valence electrons. The molecule has 0 aliphatic heterocycles. The molecular weight excluding hydrogens is 236 g/mol. The van der Waals surface area contributed by atoms with Crippen molar-refractivity contribution in [1.82, 2.24) is 5.32 Å². The molecule has 0 aromatic heterocycles. The molecule has 0 bridgehead atoms. The molecule has 19 heavy (non-hydrogen) atoms. The van der Waals surface area contributed by atoms with Crippen LogP contribution in [0.15, 0.2) is 24.3 Å². The van der Waals surface area contributed by atoms with Crippen LogP contribution in [0.25, 0.3) is 0 Å². The Balaban J connectivity index is 2.14. The summed E-state index contributed by atoms with van der Waals surface area (Å²) in [5, 5.41) is 3.35. The summed E-state index contributed by atoms with van der Waals surface area (Å²) in [6, 6.07) is 8.24. The highest BCUT2D eigenvalue weighted by molar-refractivity contribution is 5.85. The van der Waals surface area contributed by atoms with Crippen LogP contribution in [0.2, 0.25) is 0 Å². The monoisotopic (exact) mass is 260 g/mol. The Morgan fingerprint density at radius 2 is 2.00 bits per heavy atom. The van der Waals surface area contributed by atoms with E-state index in [4.69, 9.17) is 5.73 Å². The lowest BCUT2D eigenvalue weighted by Gasteiger charge is -2.28. The normalized spacial score (nSPS) is 18.0. The zero-order valence-electron chi connectivity index (χ0n) is 11.9. The van der Waals surface area contributed by atoms with Gasteiger partial charge in [-0.3, -0.25) is 10.1 Å². The van der Waals surface area contributed by atoms with Gasteiger partial charge in [0.1, 0.15) is 5.54 Å². The van der Waals surface area contributed by atoms with Crippen LogP contribution in [0.3, 0.4) is 0 Å². The number of hydrogen-bond donors (Lipinski definition) is 2. The average Bonchev–Trinajstić information content (AvgIpc) is 3.21. The lowest BCUT2D eigenvalue weighted by atomic mass is 9.90. The van der Waals surface area contributed by atoms with Gasteiger partial charge < -0.3 is 5.73 Å². The summed E-state index contributed by atoms with van der Waals surface area (Å²) in [6.07, 6.45) is 4.73. The maximum Gasteiger partial charge on any atom is 0.242 e. The largest absolute Gasteiger partial charge is 0.368 e. The Hall–Kier alpha value is -1.35. The first-order chi connectivity index (χ1) is 9.06. The number of rotatable bonds is 7. The lowest BCUT2D eigenvalue weighted by molar-refractivity contribution is -0.124. The molecule has 1 atom stereocenters. The lowest BCUT2D eigenvalue weighted by Crippen LogP contribution is -2.51. The van der Waals surface area contributed by atoms with Crippen molar-refractivity contribution >= 4 is 5.91 Å². The van der Waals surface area contributed by atoms with E-state index in [0.29, 0.717) is 0 Å². The van der Waals surface area contributed by atoms with Crippen molar-refractivity contribution in [3.63, 3.8) is 0 Å². The first-order valence-electron chi connectivity index (χ1n) is 7.20. The van der Waals surface area contributed by atoms with E-state index in [-0.39, 0.29) is 5.91 Å². The fraction of sp³-hybridized carbons (Fsp3) is 0.562. The molecule has 3 N–H and O–H groups in total. The second-order valence-corrected chi connectivity index (χ2v) is 5.76. The number of amides is 1. The topological polar surface area (TPSA) is 55.1 Å². The van der Waals surface area contributed by atoms with E-state index in [1.807, 2.05) is 19.1 Å². The molecule has 1 unspecified atom stereocenters. The van der Waals surface area contributed by atoms with Crippen LogP contribution in [0.1, 0.15) is 44.2 Å². The summed E-state index contributed by atoms with van der Waals surface area (Å²) >= 11 is 0. The minimum absolute atomic E-state index is 0.309. The Bertz CT molecular complexity index is 437. The van der Waals surface area contributed by atoms with Crippen molar-refractivity contribution < 1.29 is 4.79 Å². The minimum Gasteiger partial charge on any atom is -0.368 e. The van der Waals surface area contributed by atoms with E-state index in [0.717, 1.165) is 30.9 Å². The number of carbonyl (C=O) groups is 1. The number of carbonyl (C=O) groups excluding carboxylic acids is 1. The maximum atomic E-state index is 11.8. The summed E-state index contributed by atoms with van der Waals surface area (Å²) in [5.41, 5.74) is 7.11. The van der Waals surface area contributed by atoms with E-state index < -0.39 is 5.54 Å². The summed E-state index contributed by atoms with van der Waals surface area (Å²) in [4.78, 5) is 11.8. The van der Waals surface area contributed by atoms with Crippen molar-refractivity contribution in [2.45, 2.75) is 45.1 Å². The van der Waals surface area contributed by atoms with Crippen LogP contribution in [-0.4, -0.2) is 12.5 Å². The van der Waals surface area contributed by atoms with Crippen LogP contribution in [-0.2, 0) is 16.8 Å². The van der Waals surface area contributed by atoms with E-state index in [1.54, 1.807) is 0 Å². The SMILES string of the molecule is CCCc1ccc(C(C)(NCC2CC2)C(N)=O)cc1. The quantitative estimate of drug-likeness (QED) is 0.790. The van der Waals surface area contributed by atoms with Crippen LogP contribution < -0.4 is 11.1 Å². The molecule has 2 rings (SSSR count). The third-order valence-electron chi connectivity index (χ3n) is 4.00. The van der Waals surface area contributed by atoms with Gasteiger partial charge in [-0.05, 0) is 49.8 Å². The highest BCUT2D eigenvalue weighted by Crippen LogP contribution is 2.30. The Morgan fingerprint density at radius 3 is 2.47 bits per heavy atom. The summed E-state index contributed by atoms with van der Waals surface area (Å²) in [7, 11) is 0.